The van der Waals surface area contributed by atoms with Gasteiger partial charge in [0, 0.05) is 63.3 Å². The Labute approximate surface area is 239 Å². The van der Waals surface area contributed by atoms with Crippen molar-refractivity contribution in [3.05, 3.63) is 63.7 Å². The third-order valence-corrected chi connectivity index (χ3v) is 8.96. The van der Waals surface area contributed by atoms with E-state index in [1.165, 1.54) is 0 Å². The monoisotopic (exact) mass is 672 g/mol. The number of nitrogens with zero attached hydrogens (tertiary/aromatic N) is 4. The zero-order valence-electron chi connectivity index (χ0n) is 21.4. The van der Waals surface area contributed by atoms with Crippen LogP contribution in [0.2, 0.25) is 0 Å². The van der Waals surface area contributed by atoms with Crippen molar-refractivity contribution in [1.82, 2.24) is 9.21 Å². The van der Waals surface area contributed by atoms with Gasteiger partial charge in [-0.2, -0.15) is 25.9 Å². The Balaban J connectivity index is 2.04. The van der Waals surface area contributed by atoms with Gasteiger partial charge < -0.3 is 4.90 Å². The lowest BCUT2D eigenvalue weighted by Crippen LogP contribution is -2.48. The standard InChI is InChI=1S/C23H28BrF3N4O7S2/c1-39(34,35)38-14-13-29(8-7-24)22-20(23(25,26)27)15-19(31(32)33)16-21(22)40(36,37)30-11-9-28(10-12-30)17-18-5-3-2-4-6-18/h2-6,15-16H,7-14,17H2,1H3. The van der Waals surface area contributed by atoms with Crippen LogP contribution in [0.1, 0.15) is 11.1 Å². The molecule has 17 heteroatoms. The fraction of sp³-hybridized carbons (Fsp3) is 0.478. The lowest BCUT2D eigenvalue weighted by molar-refractivity contribution is -0.385. The minimum atomic E-state index is -5.16. The second-order valence-corrected chi connectivity index (χ2v) is 13.3. The van der Waals surface area contributed by atoms with E-state index >= 15 is 0 Å². The maximum absolute atomic E-state index is 14.3. The summed E-state index contributed by atoms with van der Waals surface area (Å²) in [5.74, 6) is 0. The van der Waals surface area contributed by atoms with Crippen LogP contribution in [-0.4, -0.2) is 88.4 Å². The van der Waals surface area contributed by atoms with E-state index < -0.39 is 66.2 Å². The van der Waals surface area contributed by atoms with E-state index in [1.807, 2.05) is 35.2 Å². The molecule has 40 heavy (non-hydrogen) atoms. The Morgan fingerprint density at radius 2 is 1.68 bits per heavy atom. The number of anilines is 1. The first-order valence-electron chi connectivity index (χ1n) is 11.9. The molecule has 0 unspecified atom stereocenters. The molecule has 0 atom stereocenters. The van der Waals surface area contributed by atoms with Crippen molar-refractivity contribution in [1.29, 1.82) is 0 Å². The molecular weight excluding hydrogens is 645 g/mol. The minimum Gasteiger partial charge on any atom is -0.367 e. The predicted octanol–water partition coefficient (Wildman–Crippen LogP) is 3.30. The van der Waals surface area contributed by atoms with E-state index in [2.05, 4.69) is 20.1 Å². The number of rotatable bonds is 12. The van der Waals surface area contributed by atoms with Crippen molar-refractivity contribution in [3.8, 4) is 0 Å². The smallest absolute Gasteiger partial charge is 0.367 e. The van der Waals surface area contributed by atoms with Gasteiger partial charge in [-0.05, 0) is 5.56 Å². The van der Waals surface area contributed by atoms with Gasteiger partial charge in [-0.3, -0.25) is 19.2 Å². The quantitative estimate of drug-likeness (QED) is 0.144. The number of alkyl halides is 4. The molecular formula is C23H28BrF3N4O7S2. The zero-order chi connectivity index (χ0) is 29.7. The molecule has 0 aliphatic carbocycles. The highest BCUT2D eigenvalue weighted by Crippen LogP contribution is 2.44. The van der Waals surface area contributed by atoms with Crippen molar-refractivity contribution < 1.29 is 39.1 Å². The van der Waals surface area contributed by atoms with Crippen LogP contribution in [0.5, 0.6) is 0 Å². The molecule has 1 heterocycles. The lowest BCUT2D eigenvalue weighted by atomic mass is 10.1. The molecule has 0 spiro atoms. The van der Waals surface area contributed by atoms with Gasteiger partial charge in [0.1, 0.15) is 4.90 Å². The van der Waals surface area contributed by atoms with Gasteiger partial charge >= 0.3 is 6.18 Å². The molecule has 0 N–H and O–H groups in total. The van der Waals surface area contributed by atoms with E-state index in [0.717, 1.165) is 21.0 Å². The predicted molar refractivity (Wildman–Crippen MR) is 145 cm³/mol. The lowest BCUT2D eigenvalue weighted by Gasteiger charge is -2.35. The summed E-state index contributed by atoms with van der Waals surface area (Å²) >= 11 is 3.12. The number of sulfonamides is 1. The molecule has 11 nitrogen and oxygen atoms in total. The highest BCUT2D eigenvalue weighted by atomic mass is 79.9. The number of benzene rings is 2. The zero-order valence-corrected chi connectivity index (χ0v) is 24.6. The molecule has 0 radical (unpaired) electrons. The van der Waals surface area contributed by atoms with E-state index in [0.29, 0.717) is 12.6 Å². The van der Waals surface area contributed by atoms with Crippen molar-refractivity contribution in [2.45, 2.75) is 17.6 Å². The van der Waals surface area contributed by atoms with Crippen LogP contribution < -0.4 is 4.90 Å². The van der Waals surface area contributed by atoms with Gasteiger partial charge in [0.2, 0.25) is 10.0 Å². The molecule has 1 fully saturated rings. The first kappa shape index (κ1) is 32.2. The van der Waals surface area contributed by atoms with Crippen molar-refractivity contribution in [2.24, 2.45) is 0 Å². The summed E-state index contributed by atoms with van der Waals surface area (Å²) in [5.41, 5.74) is -2.36. The van der Waals surface area contributed by atoms with Crippen LogP contribution in [0.3, 0.4) is 0 Å². The highest BCUT2D eigenvalue weighted by molar-refractivity contribution is 9.09. The Bertz CT molecular complexity index is 1400. The highest BCUT2D eigenvalue weighted by Gasteiger charge is 2.42. The third-order valence-electron chi connectivity index (χ3n) is 6.10. The Morgan fingerprint density at radius 1 is 1.05 bits per heavy atom. The fourth-order valence-electron chi connectivity index (χ4n) is 4.28. The molecule has 222 valence electrons. The minimum absolute atomic E-state index is 0.0473. The summed E-state index contributed by atoms with van der Waals surface area (Å²) in [6.45, 7) is -0.154. The first-order chi connectivity index (χ1) is 18.6. The molecule has 0 bridgehead atoms. The number of hydrogen-bond donors (Lipinski definition) is 0. The van der Waals surface area contributed by atoms with Gasteiger partial charge in [0.05, 0.1) is 29.0 Å². The number of nitro benzene ring substituents is 1. The summed E-state index contributed by atoms with van der Waals surface area (Å²) in [4.78, 5) is 12.6. The topological polar surface area (TPSA) is 130 Å². The third kappa shape index (κ3) is 8.36. The number of piperazine rings is 1. The normalized spacial score (nSPS) is 15.7. The van der Waals surface area contributed by atoms with Gasteiger partial charge in [-0.15, -0.1) is 0 Å². The van der Waals surface area contributed by atoms with Crippen molar-refractivity contribution in [3.63, 3.8) is 0 Å². The summed E-state index contributed by atoms with van der Waals surface area (Å²) < 4.78 is 99.0. The van der Waals surface area contributed by atoms with Gasteiger partial charge in [0.25, 0.3) is 15.8 Å². The molecule has 2 aromatic rings. The van der Waals surface area contributed by atoms with Crippen LogP contribution in [0.15, 0.2) is 47.4 Å². The summed E-state index contributed by atoms with van der Waals surface area (Å²) in [6, 6.07) is 10.4. The molecule has 2 aromatic carbocycles. The number of halogens is 4. The van der Waals surface area contributed by atoms with E-state index in [9.17, 15) is 40.1 Å². The molecule has 0 saturated carbocycles. The molecule has 1 aliphatic rings. The van der Waals surface area contributed by atoms with Gasteiger partial charge in [-0.1, -0.05) is 46.3 Å². The average molecular weight is 674 g/mol. The van der Waals surface area contributed by atoms with Crippen molar-refractivity contribution in [2.75, 3.05) is 62.4 Å². The summed E-state index contributed by atoms with van der Waals surface area (Å²) in [6.07, 6.45) is -4.40. The van der Waals surface area contributed by atoms with Gasteiger partial charge in [-0.25, -0.2) is 8.42 Å². The van der Waals surface area contributed by atoms with Crippen LogP contribution in [0.25, 0.3) is 0 Å². The largest absolute Gasteiger partial charge is 0.418 e. The maximum Gasteiger partial charge on any atom is 0.418 e. The Hall–Kier alpha value is -2.31. The van der Waals surface area contributed by atoms with Crippen LogP contribution in [-0.2, 0) is 37.0 Å². The molecule has 1 saturated heterocycles. The second kappa shape index (κ2) is 13.1. The molecule has 1 aliphatic heterocycles. The molecule has 0 aromatic heterocycles. The van der Waals surface area contributed by atoms with Gasteiger partial charge in [0.15, 0.2) is 0 Å². The summed E-state index contributed by atoms with van der Waals surface area (Å²) in [5, 5.41) is 11.6. The van der Waals surface area contributed by atoms with Crippen molar-refractivity contribution >= 4 is 47.4 Å². The molecule has 0 amide bonds. The number of nitro groups is 1. The van der Waals surface area contributed by atoms with Crippen LogP contribution >= 0.6 is 15.9 Å². The first-order valence-corrected chi connectivity index (χ1v) is 16.3. The van der Waals surface area contributed by atoms with E-state index in [1.54, 1.807) is 0 Å². The Kier molecular flexibility index (Phi) is 10.6. The fourth-order valence-corrected chi connectivity index (χ4v) is 6.76. The number of hydrogen-bond acceptors (Lipinski definition) is 9. The van der Waals surface area contributed by atoms with Crippen LogP contribution in [0, 0.1) is 10.1 Å². The number of non-ortho nitro benzene ring substituents is 1. The summed E-state index contributed by atoms with van der Waals surface area (Å²) in [7, 11) is -8.60. The molecule has 3 rings (SSSR count). The SMILES string of the molecule is CS(=O)(=O)OCCN(CCBr)c1c(C(F)(F)F)cc([N+](=O)[O-])cc1S(=O)(=O)N1CCN(Cc2ccccc2)CC1. The maximum atomic E-state index is 14.3. The van der Waals surface area contributed by atoms with E-state index in [-0.39, 0.29) is 44.1 Å². The van der Waals surface area contributed by atoms with Crippen LogP contribution in [0.4, 0.5) is 24.5 Å². The Morgan fingerprint density at radius 3 is 2.20 bits per heavy atom. The second-order valence-electron chi connectivity index (χ2n) is 8.96. The average Bonchev–Trinajstić information content (AvgIpc) is 2.87. The van der Waals surface area contributed by atoms with E-state index in [4.69, 9.17) is 0 Å².